The van der Waals surface area contributed by atoms with Crippen molar-refractivity contribution in [1.82, 2.24) is 47.5 Å². The third-order valence-electron chi connectivity index (χ3n) is 13.2. The number of nitrogens with one attached hydrogen (secondary N) is 9. The molecule has 9 amide bonds. The second-order valence-electron chi connectivity index (χ2n) is 19.7. The number of guanidine groups is 2. The highest BCUT2D eigenvalue weighted by Gasteiger charge is 2.37. The van der Waals surface area contributed by atoms with Crippen LogP contribution in [0.1, 0.15) is 81.9 Å². The average Bonchev–Trinajstić information content (AvgIpc) is 4.07. The molecule has 3 aromatic carbocycles. The van der Waals surface area contributed by atoms with Crippen molar-refractivity contribution < 1.29 is 47.9 Å². The Kier molecular flexibility index (Phi) is 24.9. The number of carbonyl (C=O) groups excluding carboxylic acids is 9. The van der Waals surface area contributed by atoms with E-state index in [1.54, 1.807) is 66.9 Å². The molecule has 0 spiro atoms. The van der Waals surface area contributed by atoms with Crippen molar-refractivity contribution in [2.75, 3.05) is 19.6 Å². The van der Waals surface area contributed by atoms with Gasteiger partial charge in [-0.05, 0) is 74.6 Å². The van der Waals surface area contributed by atoms with Gasteiger partial charge in [-0.25, -0.2) is 0 Å². The van der Waals surface area contributed by atoms with Gasteiger partial charge in [-0.3, -0.25) is 53.1 Å². The van der Waals surface area contributed by atoms with Crippen LogP contribution in [0.2, 0.25) is 0 Å². The predicted molar refractivity (Wildman–Crippen MR) is 303 cm³/mol. The minimum Gasteiger partial charge on any atom is -0.371 e. The Morgan fingerprint density at radius 2 is 1.27 bits per heavy atom. The number of rotatable bonds is 20. The molecule has 0 radical (unpaired) electrons. The van der Waals surface area contributed by atoms with Gasteiger partial charge in [0.05, 0.1) is 19.1 Å². The number of benzene rings is 3. The van der Waals surface area contributed by atoms with Crippen molar-refractivity contribution >= 4 is 76.0 Å². The first-order chi connectivity index (χ1) is 38.8. The van der Waals surface area contributed by atoms with E-state index in [1.807, 2.05) is 24.3 Å². The SMILES string of the molecule is CC(=O)N[C@H](CCCN=C(N)N)C(=O)N[C@@H]1CC(=O)NCCCC[C@H](C(N)=O)NC(=O)[C@@H](Cc2c[nH]c3ccccc23)NC(=O)[C@@H](CCCN=C(N)N)NC(=O)[C@H](Cc2ccccc2)NC(=O)[C@@H]([C@H](C)OCc2ccccc2)NC1=O. The normalized spacial score (nSPS) is 20.8. The number of primary amides is 1. The van der Waals surface area contributed by atoms with E-state index in [4.69, 9.17) is 33.4 Å². The predicted octanol–water partition coefficient (Wildman–Crippen LogP) is -1.75. The fourth-order valence-electron chi connectivity index (χ4n) is 8.93. The van der Waals surface area contributed by atoms with Gasteiger partial charge in [0.15, 0.2) is 11.9 Å². The minimum atomic E-state index is -1.68. The Balaban J connectivity index is 1.57. The summed E-state index contributed by atoms with van der Waals surface area (Å²) < 4.78 is 6.19. The minimum absolute atomic E-state index is 0.00287. The first-order valence-corrected chi connectivity index (χ1v) is 26.8. The molecule has 5 rings (SSSR count). The number of hydrogen-bond donors (Lipinski definition) is 14. The lowest BCUT2D eigenvalue weighted by Gasteiger charge is -2.30. The highest BCUT2D eigenvalue weighted by atomic mass is 16.5. The third-order valence-corrected chi connectivity index (χ3v) is 13.2. The van der Waals surface area contributed by atoms with Crippen molar-refractivity contribution in [3.63, 3.8) is 0 Å². The number of nitrogens with zero attached hydrogens (tertiary/aromatic N) is 2. The number of para-hydroxylation sites is 1. The summed E-state index contributed by atoms with van der Waals surface area (Å²) in [5.74, 6) is -7.79. The lowest BCUT2D eigenvalue weighted by Crippen LogP contribution is -2.62. The van der Waals surface area contributed by atoms with Crippen LogP contribution in [0.4, 0.5) is 0 Å². The van der Waals surface area contributed by atoms with Crippen LogP contribution < -0.4 is 71.2 Å². The maximum atomic E-state index is 14.9. The zero-order chi connectivity index (χ0) is 58.8. The Morgan fingerprint density at radius 1 is 0.679 bits per heavy atom. The molecule has 4 aromatic rings. The summed E-state index contributed by atoms with van der Waals surface area (Å²) >= 11 is 0. The van der Waals surface area contributed by atoms with Crippen LogP contribution in [-0.4, -0.2) is 138 Å². The van der Waals surface area contributed by atoms with Crippen molar-refractivity contribution in [1.29, 1.82) is 0 Å². The summed E-state index contributed by atoms with van der Waals surface area (Å²) in [4.78, 5) is 138. The Labute approximate surface area is 469 Å². The van der Waals surface area contributed by atoms with E-state index in [-0.39, 0.29) is 95.9 Å². The lowest BCUT2D eigenvalue weighted by molar-refractivity contribution is -0.138. The topological polar surface area (TPSA) is 430 Å². The molecule has 0 unspecified atom stereocenters. The van der Waals surface area contributed by atoms with Crippen LogP contribution >= 0.6 is 0 Å². The summed E-state index contributed by atoms with van der Waals surface area (Å²) in [6, 6.07) is 14.9. The Morgan fingerprint density at radius 3 is 1.94 bits per heavy atom. The monoisotopic (exact) mass is 1120 g/mol. The molecule has 26 heteroatoms. The van der Waals surface area contributed by atoms with E-state index in [9.17, 15) is 43.2 Å². The second-order valence-corrected chi connectivity index (χ2v) is 19.7. The highest BCUT2D eigenvalue weighted by Crippen LogP contribution is 2.20. The first kappa shape index (κ1) is 62.8. The number of aromatic nitrogens is 1. The Hall–Kier alpha value is -9.07. The number of aromatic amines is 1. The number of carbonyl (C=O) groups is 9. The van der Waals surface area contributed by atoms with Gasteiger partial charge in [0.1, 0.15) is 42.3 Å². The summed E-state index contributed by atoms with van der Waals surface area (Å²) in [7, 11) is 0. The fourth-order valence-corrected chi connectivity index (χ4v) is 8.93. The summed E-state index contributed by atoms with van der Waals surface area (Å²) in [6.45, 7) is 2.82. The number of aliphatic imine (C=N–C) groups is 2. The molecule has 8 atom stereocenters. The molecule has 0 aliphatic carbocycles. The fraction of sp³-hybridized carbons (Fsp3) is 0.436. The van der Waals surface area contributed by atoms with Crippen LogP contribution in [-0.2, 0) is 67.3 Å². The standard InChI is InChI=1S/C55H76N16O10/c1-32(81-31-35-17-7-4-8-18-35)46-53(80)70-42(27-34-15-5-3-6-16-34)50(77)67-41(23-14-26-63-55(59)60)49(76)68-43(28-36-30-64-38-20-10-9-19-37(36)38)51(78)66-39(47(56)74)21-11-12-24-61-45(73)29-44(52(79)71-46)69-48(75)40(65-33(2)72)22-13-25-62-54(57)58/h3-10,15-20,30,32,39-44,46,64H,11-14,21-29,31H2,1-2H3,(H2,56,74)(H,61,73)(H,65,72)(H,66,78)(H,67,77)(H,68,76)(H,69,75)(H,70,80)(H,71,79)(H4,57,58,62)(H4,59,60,63)/t32-,39+,40+,41+,42-,43+,44+,46+/m0/s1. The van der Waals surface area contributed by atoms with Crippen LogP contribution in [0, 0.1) is 0 Å². The number of amides is 9. The molecule has 1 fully saturated rings. The molecule has 0 bridgehead atoms. The van der Waals surface area contributed by atoms with Crippen molar-refractivity contribution in [2.24, 2.45) is 38.7 Å². The molecule has 1 saturated heterocycles. The van der Waals surface area contributed by atoms with Crippen LogP contribution in [0.5, 0.6) is 0 Å². The van der Waals surface area contributed by atoms with Gasteiger partial charge in [0.2, 0.25) is 53.2 Å². The molecule has 1 aliphatic rings. The van der Waals surface area contributed by atoms with Gasteiger partial charge in [0.25, 0.3) is 0 Å². The van der Waals surface area contributed by atoms with E-state index in [2.05, 4.69) is 57.5 Å². The lowest BCUT2D eigenvalue weighted by atomic mass is 10.0. The zero-order valence-corrected chi connectivity index (χ0v) is 45.5. The summed E-state index contributed by atoms with van der Waals surface area (Å²) in [5.41, 5.74) is 30.7. The number of fused-ring (bicyclic) bond motifs is 1. The maximum absolute atomic E-state index is 14.9. The summed E-state index contributed by atoms with van der Waals surface area (Å²) in [6.07, 6.45) is 0.445. The summed E-state index contributed by atoms with van der Waals surface area (Å²) in [5, 5.41) is 22.3. The maximum Gasteiger partial charge on any atom is 0.245 e. The molecule has 81 heavy (non-hydrogen) atoms. The van der Waals surface area contributed by atoms with Crippen LogP contribution in [0.15, 0.2) is 101 Å². The molecule has 436 valence electrons. The molecule has 0 saturated carbocycles. The molecular formula is C55H76N16O10. The smallest absolute Gasteiger partial charge is 0.245 e. The highest BCUT2D eigenvalue weighted by molar-refractivity contribution is 5.99. The van der Waals surface area contributed by atoms with Gasteiger partial charge in [0, 0.05) is 56.5 Å². The van der Waals surface area contributed by atoms with E-state index in [1.165, 1.54) is 13.8 Å². The Bertz CT molecular complexity index is 2840. The second kappa shape index (κ2) is 32.1. The van der Waals surface area contributed by atoms with Gasteiger partial charge in [-0.1, -0.05) is 78.9 Å². The molecule has 1 aliphatic heterocycles. The molecular weight excluding hydrogens is 1040 g/mol. The third kappa shape index (κ3) is 21.3. The van der Waals surface area contributed by atoms with Crippen molar-refractivity contribution in [3.8, 4) is 0 Å². The van der Waals surface area contributed by atoms with Gasteiger partial charge in [-0.15, -0.1) is 0 Å². The van der Waals surface area contributed by atoms with Crippen molar-refractivity contribution in [3.05, 3.63) is 108 Å². The number of nitrogens with two attached hydrogens (primary N) is 5. The number of hydrogen-bond acceptors (Lipinski definition) is 12. The van der Waals surface area contributed by atoms with Crippen LogP contribution in [0.25, 0.3) is 10.9 Å². The van der Waals surface area contributed by atoms with Crippen LogP contribution in [0.3, 0.4) is 0 Å². The molecule has 26 nitrogen and oxygen atoms in total. The van der Waals surface area contributed by atoms with E-state index in [0.29, 0.717) is 16.7 Å². The van der Waals surface area contributed by atoms with Gasteiger partial charge < -0.3 is 80.9 Å². The van der Waals surface area contributed by atoms with Gasteiger partial charge in [-0.2, -0.15) is 0 Å². The van der Waals surface area contributed by atoms with E-state index < -0.39 is 108 Å². The van der Waals surface area contributed by atoms with Gasteiger partial charge >= 0.3 is 0 Å². The largest absolute Gasteiger partial charge is 0.371 e. The number of H-pyrrole nitrogens is 1. The van der Waals surface area contributed by atoms with E-state index in [0.717, 1.165) is 10.9 Å². The quantitative estimate of drug-likeness (QED) is 0.0265. The average molecular weight is 1120 g/mol. The van der Waals surface area contributed by atoms with E-state index >= 15 is 0 Å². The molecule has 19 N–H and O–H groups in total. The number of ether oxygens (including phenoxy) is 1. The zero-order valence-electron chi connectivity index (χ0n) is 45.5. The first-order valence-electron chi connectivity index (χ1n) is 26.8. The molecule has 1 aromatic heterocycles. The molecule has 2 heterocycles. The van der Waals surface area contributed by atoms with Crippen molar-refractivity contribution in [2.45, 2.75) is 133 Å².